The summed E-state index contributed by atoms with van der Waals surface area (Å²) in [5.41, 5.74) is 0. The Bertz CT molecular complexity index is 65.9. The van der Waals surface area contributed by atoms with Crippen LogP contribution in [0.3, 0.4) is 0 Å². The summed E-state index contributed by atoms with van der Waals surface area (Å²) in [7, 11) is 0. The molecule has 5 heteroatoms. The topological polar surface area (TPSA) is 47.6 Å². The van der Waals surface area contributed by atoms with Gasteiger partial charge < -0.3 is 0 Å². The summed E-state index contributed by atoms with van der Waals surface area (Å²) in [6.07, 6.45) is 0. The largest absolute Gasteiger partial charge is 0.185 e. The molecule has 0 aliphatic rings. The van der Waals surface area contributed by atoms with Crippen LogP contribution >= 0.6 is 38.8 Å². The fourth-order valence-corrected chi connectivity index (χ4v) is 0. The molecule has 0 aliphatic carbocycles. The zero-order chi connectivity index (χ0) is 5.41. The Morgan fingerprint density at radius 1 is 1.00 bits per heavy atom. The zero-order valence-corrected chi connectivity index (χ0v) is 5.80. The lowest BCUT2D eigenvalue weighted by molar-refractivity contribution is 1.57. The van der Waals surface area contributed by atoms with Gasteiger partial charge in [0.05, 0.1) is 0 Å². The minimum Gasteiger partial charge on any atom is -0.185 e. The molecule has 0 aliphatic heterocycles. The number of nitrogens with zero attached hydrogens (tertiary/aromatic N) is 2. The highest BCUT2D eigenvalue weighted by atomic mass is 32.1. The van der Waals surface area contributed by atoms with Crippen LogP contribution in [0.1, 0.15) is 0 Å². The number of thiol groups is 2. The lowest BCUT2D eigenvalue weighted by Crippen LogP contribution is -0.961. The van der Waals surface area contributed by atoms with Gasteiger partial charge in [-0.15, -0.1) is 0 Å². The van der Waals surface area contributed by atoms with Crippen molar-refractivity contribution in [2.75, 3.05) is 0 Å². The van der Waals surface area contributed by atoms with Crippen molar-refractivity contribution in [1.82, 2.24) is 0 Å². The molecule has 0 aromatic rings. The minimum atomic E-state index is 0. The van der Waals surface area contributed by atoms with Gasteiger partial charge in [0.25, 0.3) is 0 Å². The third-order valence-electron chi connectivity index (χ3n) is 0. The molecule has 0 fully saturated rings. The fraction of sp³-hybridized carbons (Fsp3) is 0. The minimum absolute atomic E-state index is 0. The van der Waals surface area contributed by atoms with Crippen molar-refractivity contribution in [3.05, 3.63) is 0 Å². The molecule has 0 amide bonds. The third kappa shape index (κ3) is 109000. The van der Waals surface area contributed by atoms with Crippen molar-refractivity contribution >= 4 is 38.8 Å². The van der Waals surface area contributed by atoms with E-state index in [1.165, 1.54) is 10.8 Å². The van der Waals surface area contributed by atoms with Gasteiger partial charge in [-0.2, -0.15) is 10.5 Å². The first-order chi connectivity index (χ1) is 2.83. The molecule has 0 spiro atoms. The summed E-state index contributed by atoms with van der Waals surface area (Å²) in [4.78, 5) is 0. The number of hydrogen-bond donors (Lipinski definition) is 2. The molecular weight excluding hydrogens is 148 g/mol. The average molecular weight is 150 g/mol. The van der Waals surface area contributed by atoms with Gasteiger partial charge in [-0.25, -0.2) is 0 Å². The zero-order valence-electron chi connectivity index (χ0n) is 3.20. The van der Waals surface area contributed by atoms with Crippen LogP contribution in [0.25, 0.3) is 0 Å². The average Bonchev–Trinajstić information content (AvgIpc) is 1.39. The summed E-state index contributed by atoms with van der Waals surface area (Å²) in [5, 5.41) is 17.3. The quantitative estimate of drug-likeness (QED) is 0.405. The number of rotatable bonds is 0. The monoisotopic (exact) mass is 150 g/mol. The van der Waals surface area contributed by atoms with E-state index < -0.39 is 0 Å². The Kier molecular flexibility index (Phi) is 83.2. The van der Waals surface area contributed by atoms with Gasteiger partial charge in [0.2, 0.25) is 0 Å². The molecule has 0 aromatic carbocycles. The second kappa shape index (κ2) is 37.0. The van der Waals surface area contributed by atoms with Gasteiger partial charge in [-0.1, -0.05) is 25.3 Å². The summed E-state index contributed by atoms with van der Waals surface area (Å²) in [5.74, 6) is 0. The molecule has 38 valence electrons. The summed E-state index contributed by atoms with van der Waals surface area (Å²) < 4.78 is 0. The van der Waals surface area contributed by atoms with Crippen molar-refractivity contribution < 1.29 is 0 Å². The third-order valence-corrected chi connectivity index (χ3v) is 0. The molecule has 0 saturated heterocycles. The van der Waals surface area contributed by atoms with Crippen LogP contribution in [0.15, 0.2) is 0 Å². The van der Waals surface area contributed by atoms with Crippen LogP contribution in [0.4, 0.5) is 0 Å². The smallest absolute Gasteiger partial charge is 0.130 e. The van der Waals surface area contributed by atoms with E-state index in [0.717, 1.165) is 0 Å². The van der Waals surface area contributed by atoms with Crippen LogP contribution in [-0.4, -0.2) is 0 Å². The Hall–Kier alpha value is 0.0300. The number of nitriles is 2. The highest BCUT2D eigenvalue weighted by molar-refractivity contribution is 7.85. The molecule has 0 N–H and O–H groups in total. The summed E-state index contributed by atoms with van der Waals surface area (Å²) in [6.45, 7) is 0. The first-order valence-corrected chi connectivity index (χ1v) is 1.79. The predicted octanol–water partition coefficient (Wildman–Crippen LogP) is 1.44. The van der Waals surface area contributed by atoms with E-state index in [-0.39, 0.29) is 13.5 Å². The lowest BCUT2D eigenvalue weighted by atomic mass is 11.8. The van der Waals surface area contributed by atoms with Gasteiger partial charge in [0.1, 0.15) is 10.8 Å². The molecule has 0 atom stereocenters. The number of hydrogen-bond acceptors (Lipinski definition) is 4. The van der Waals surface area contributed by atoms with Gasteiger partial charge in [0, 0.05) is 13.5 Å². The van der Waals surface area contributed by atoms with Crippen LogP contribution in [-0.2, 0) is 0 Å². The van der Waals surface area contributed by atoms with Crippen molar-refractivity contribution in [2.24, 2.45) is 0 Å². The van der Waals surface area contributed by atoms with E-state index in [0.29, 0.717) is 0 Å². The molecule has 0 rings (SSSR count). The van der Waals surface area contributed by atoms with E-state index in [9.17, 15) is 0 Å². The molecule has 2 nitrogen and oxygen atoms in total. The summed E-state index contributed by atoms with van der Waals surface area (Å²) in [6, 6.07) is 0. The van der Waals surface area contributed by atoms with E-state index in [1.807, 2.05) is 0 Å². The van der Waals surface area contributed by atoms with Gasteiger partial charge in [-0.3, -0.25) is 0 Å². The van der Waals surface area contributed by atoms with Crippen LogP contribution in [0.5, 0.6) is 0 Å². The van der Waals surface area contributed by atoms with E-state index in [2.05, 4.69) is 25.3 Å². The van der Waals surface area contributed by atoms with Gasteiger partial charge in [0.15, 0.2) is 0 Å². The predicted molar refractivity (Wildman–Crippen MR) is 36.8 cm³/mol. The van der Waals surface area contributed by atoms with Crippen molar-refractivity contribution in [2.45, 2.75) is 0 Å². The standard InChI is InChI=1S/2CHNS.S/c2*2-1-3;/h2*3H;. The fourth-order valence-electron chi connectivity index (χ4n) is 0. The van der Waals surface area contributed by atoms with E-state index in [1.54, 1.807) is 0 Å². The van der Waals surface area contributed by atoms with E-state index in [4.69, 9.17) is 10.5 Å². The van der Waals surface area contributed by atoms with Crippen LogP contribution in [0.2, 0.25) is 0 Å². The second-order valence-electron chi connectivity index (χ2n) is 0.200. The molecule has 0 heterocycles. The lowest BCUT2D eigenvalue weighted by Gasteiger charge is -1.14. The highest BCUT2D eigenvalue weighted by Gasteiger charge is 1.18. The molecular formula is C2H2N2S3. The summed E-state index contributed by atoms with van der Waals surface area (Å²) >= 11 is 6.19. The van der Waals surface area contributed by atoms with Gasteiger partial charge in [-0.05, 0) is 0 Å². The molecule has 2 radical (unpaired) electrons. The van der Waals surface area contributed by atoms with Crippen molar-refractivity contribution in [1.29, 1.82) is 10.5 Å². The molecule has 0 unspecified atom stereocenters. The molecule has 7 heavy (non-hydrogen) atoms. The molecule has 0 saturated carbocycles. The van der Waals surface area contributed by atoms with Gasteiger partial charge >= 0.3 is 0 Å². The Morgan fingerprint density at radius 2 is 1.00 bits per heavy atom. The Morgan fingerprint density at radius 3 is 1.00 bits per heavy atom. The molecule has 0 bridgehead atoms. The highest BCUT2D eigenvalue weighted by Crippen LogP contribution is 1.46. The maximum absolute atomic E-state index is 7.18. The van der Waals surface area contributed by atoms with E-state index >= 15 is 0 Å². The molecule has 0 aromatic heterocycles. The SMILES string of the molecule is N#CS.N#CS.[S]. The van der Waals surface area contributed by atoms with Crippen LogP contribution < -0.4 is 0 Å². The Labute approximate surface area is 60.4 Å². The maximum atomic E-state index is 7.18. The maximum Gasteiger partial charge on any atom is 0.130 e. The normalized spacial score (nSPS) is 2.29. The van der Waals surface area contributed by atoms with Crippen LogP contribution in [0, 0.1) is 21.3 Å². The van der Waals surface area contributed by atoms with Crippen molar-refractivity contribution in [3.8, 4) is 10.8 Å². The second-order valence-corrected chi connectivity index (χ2v) is 0.600. The first kappa shape index (κ1) is 15.7. The van der Waals surface area contributed by atoms with Crippen molar-refractivity contribution in [3.63, 3.8) is 0 Å². The number of thiocyanates is 2. The Balaban J connectivity index is -0.0000000400. The first-order valence-electron chi connectivity index (χ1n) is 0.894.